The van der Waals surface area contributed by atoms with E-state index in [0.29, 0.717) is 22.6 Å². The number of amides is 1. The predicted molar refractivity (Wildman–Crippen MR) is 66.2 cm³/mol. The molecule has 0 bridgehead atoms. The summed E-state index contributed by atoms with van der Waals surface area (Å²) in [6, 6.07) is 6.97. The van der Waals surface area contributed by atoms with Crippen molar-refractivity contribution in [2.75, 3.05) is 5.32 Å². The van der Waals surface area contributed by atoms with Crippen LogP contribution >= 0.6 is 0 Å². The summed E-state index contributed by atoms with van der Waals surface area (Å²) < 4.78 is 0. The van der Waals surface area contributed by atoms with Crippen LogP contribution in [0.5, 0.6) is 0 Å². The topological polar surface area (TPSA) is 112 Å². The van der Waals surface area contributed by atoms with Crippen LogP contribution in [0.1, 0.15) is 10.4 Å². The third kappa shape index (κ3) is 2.32. The molecule has 8 heteroatoms. The first-order valence-corrected chi connectivity index (χ1v) is 5.47. The van der Waals surface area contributed by atoms with Gasteiger partial charge in [0.05, 0.1) is 11.9 Å². The Morgan fingerprint density at radius 1 is 1.32 bits per heavy atom. The molecule has 0 saturated heterocycles. The Morgan fingerprint density at radius 2 is 2.26 bits per heavy atom. The fourth-order valence-corrected chi connectivity index (χ4v) is 1.61. The van der Waals surface area contributed by atoms with Crippen LogP contribution in [0.3, 0.4) is 0 Å². The first-order chi connectivity index (χ1) is 9.33. The molecule has 0 aliphatic rings. The minimum absolute atomic E-state index is 0.230. The third-order valence-corrected chi connectivity index (χ3v) is 2.48. The number of H-pyrrole nitrogens is 2. The molecular weight excluding hydrogens is 246 g/mol. The molecule has 1 amide bonds. The van der Waals surface area contributed by atoms with E-state index >= 15 is 0 Å². The number of nitrogens with one attached hydrogen (secondary N) is 3. The Kier molecular flexibility index (Phi) is 2.73. The van der Waals surface area contributed by atoms with E-state index < -0.39 is 0 Å². The van der Waals surface area contributed by atoms with Crippen LogP contribution in [0.25, 0.3) is 11.4 Å². The molecule has 0 aliphatic heterocycles. The van der Waals surface area contributed by atoms with Crippen LogP contribution in [-0.2, 0) is 0 Å². The predicted octanol–water partition coefficient (Wildman–Crippen LogP) is 0.842. The molecule has 3 N–H and O–H groups in total. The maximum atomic E-state index is 12.0. The van der Waals surface area contributed by atoms with Crippen molar-refractivity contribution in [3.05, 3.63) is 42.2 Å². The molecule has 19 heavy (non-hydrogen) atoms. The Balaban J connectivity index is 1.85. The molecule has 0 aliphatic carbocycles. The number of nitrogens with zero attached hydrogens (tertiary/aromatic N) is 4. The molecule has 1 aromatic carbocycles. The average molecular weight is 255 g/mol. The van der Waals surface area contributed by atoms with E-state index in [1.54, 1.807) is 30.5 Å². The highest BCUT2D eigenvalue weighted by atomic mass is 16.1. The molecule has 0 unspecified atom stereocenters. The van der Waals surface area contributed by atoms with Crippen molar-refractivity contribution in [2.45, 2.75) is 0 Å². The normalized spacial score (nSPS) is 10.3. The van der Waals surface area contributed by atoms with Gasteiger partial charge in [0.1, 0.15) is 0 Å². The van der Waals surface area contributed by atoms with Gasteiger partial charge < -0.3 is 5.32 Å². The molecule has 0 radical (unpaired) electrons. The number of anilines is 1. The van der Waals surface area contributed by atoms with Crippen molar-refractivity contribution in [3.63, 3.8) is 0 Å². The lowest BCUT2D eigenvalue weighted by molar-refractivity contribution is 0.102. The van der Waals surface area contributed by atoms with Crippen molar-refractivity contribution < 1.29 is 4.79 Å². The molecule has 94 valence electrons. The average Bonchev–Trinajstić information content (AvgIpc) is 3.12. The highest BCUT2D eigenvalue weighted by molar-refractivity contribution is 6.04. The van der Waals surface area contributed by atoms with Crippen LogP contribution in [0.2, 0.25) is 0 Å². The van der Waals surface area contributed by atoms with Crippen molar-refractivity contribution >= 4 is 11.6 Å². The maximum Gasteiger partial charge on any atom is 0.255 e. The lowest BCUT2D eigenvalue weighted by atomic mass is 10.1. The maximum absolute atomic E-state index is 12.0. The Labute approximate surface area is 107 Å². The monoisotopic (exact) mass is 255 g/mol. The van der Waals surface area contributed by atoms with Gasteiger partial charge in [0.25, 0.3) is 5.91 Å². The van der Waals surface area contributed by atoms with Gasteiger partial charge in [-0.3, -0.25) is 9.89 Å². The summed E-state index contributed by atoms with van der Waals surface area (Å²) in [6.07, 6.45) is 3.13. The Morgan fingerprint density at radius 3 is 3.00 bits per heavy atom. The summed E-state index contributed by atoms with van der Waals surface area (Å²) in [5.74, 6) is 0.213. The number of hydrogen-bond donors (Lipinski definition) is 3. The summed E-state index contributed by atoms with van der Waals surface area (Å²) in [5.41, 5.74) is 1.83. The van der Waals surface area contributed by atoms with Crippen LogP contribution in [0, 0.1) is 0 Å². The second kappa shape index (κ2) is 4.69. The second-order valence-corrected chi connectivity index (χ2v) is 3.76. The van der Waals surface area contributed by atoms with Gasteiger partial charge in [-0.25, -0.2) is 0 Å². The van der Waals surface area contributed by atoms with Gasteiger partial charge in [0, 0.05) is 17.3 Å². The summed E-state index contributed by atoms with van der Waals surface area (Å²) in [6.45, 7) is 0. The van der Waals surface area contributed by atoms with E-state index in [4.69, 9.17) is 0 Å². The van der Waals surface area contributed by atoms with Crippen LogP contribution in [0.4, 0.5) is 5.69 Å². The number of aromatic amines is 2. The van der Waals surface area contributed by atoms with Crippen LogP contribution in [0.15, 0.2) is 36.7 Å². The Hall–Kier alpha value is -3.03. The highest BCUT2D eigenvalue weighted by Crippen LogP contribution is 2.16. The third-order valence-electron chi connectivity index (χ3n) is 2.48. The van der Waals surface area contributed by atoms with E-state index in [0.717, 1.165) is 0 Å². The fraction of sp³-hybridized carbons (Fsp3) is 0. The Bertz CT molecular complexity index is 675. The van der Waals surface area contributed by atoms with Gasteiger partial charge in [-0.2, -0.15) is 10.3 Å². The van der Waals surface area contributed by atoms with Gasteiger partial charge >= 0.3 is 0 Å². The number of benzene rings is 1. The van der Waals surface area contributed by atoms with Gasteiger partial charge in [0.15, 0.2) is 0 Å². The molecule has 3 aromatic rings. The van der Waals surface area contributed by atoms with Crippen molar-refractivity contribution in [1.82, 2.24) is 30.8 Å². The number of carbonyl (C=O) groups is 1. The first-order valence-electron chi connectivity index (χ1n) is 5.47. The van der Waals surface area contributed by atoms with Gasteiger partial charge in [0.2, 0.25) is 5.82 Å². The quantitative estimate of drug-likeness (QED) is 0.642. The fourth-order valence-electron chi connectivity index (χ4n) is 1.61. The molecule has 2 heterocycles. The van der Waals surface area contributed by atoms with E-state index in [1.807, 2.05) is 0 Å². The lowest BCUT2D eigenvalue weighted by Crippen LogP contribution is -2.11. The number of aromatic nitrogens is 6. The van der Waals surface area contributed by atoms with Crippen LogP contribution in [-0.4, -0.2) is 36.7 Å². The van der Waals surface area contributed by atoms with E-state index in [1.165, 1.54) is 6.20 Å². The number of tetrazole rings is 1. The van der Waals surface area contributed by atoms with E-state index in [2.05, 4.69) is 36.1 Å². The first kappa shape index (κ1) is 11.1. The zero-order chi connectivity index (χ0) is 13.1. The van der Waals surface area contributed by atoms with Gasteiger partial charge in [-0.15, -0.1) is 10.2 Å². The van der Waals surface area contributed by atoms with Crippen LogP contribution < -0.4 is 5.32 Å². The zero-order valence-electron chi connectivity index (χ0n) is 9.66. The second-order valence-electron chi connectivity index (χ2n) is 3.76. The van der Waals surface area contributed by atoms with Crippen molar-refractivity contribution in [3.8, 4) is 11.4 Å². The molecular formula is C11H9N7O. The minimum atomic E-state index is -0.230. The molecule has 0 atom stereocenters. The highest BCUT2D eigenvalue weighted by Gasteiger charge is 2.09. The van der Waals surface area contributed by atoms with Gasteiger partial charge in [-0.1, -0.05) is 12.1 Å². The summed E-state index contributed by atoms with van der Waals surface area (Å²) in [7, 11) is 0. The van der Waals surface area contributed by atoms with E-state index in [9.17, 15) is 4.79 Å². The molecule has 2 aromatic heterocycles. The number of carbonyl (C=O) groups excluding carboxylic acids is 1. The molecule has 0 saturated carbocycles. The minimum Gasteiger partial charge on any atom is -0.319 e. The smallest absolute Gasteiger partial charge is 0.255 e. The molecule has 0 spiro atoms. The number of rotatable bonds is 3. The summed E-state index contributed by atoms with van der Waals surface area (Å²) in [5, 5.41) is 22.7. The van der Waals surface area contributed by atoms with Crippen molar-refractivity contribution in [2.24, 2.45) is 0 Å². The lowest BCUT2D eigenvalue weighted by Gasteiger charge is -2.03. The van der Waals surface area contributed by atoms with Crippen molar-refractivity contribution in [1.29, 1.82) is 0 Å². The largest absolute Gasteiger partial charge is 0.319 e. The standard InChI is InChI=1S/C11H9N7O/c19-11(14-9-5-12-13-6-9)8-3-1-2-7(4-8)10-15-17-18-16-10/h1-6H,(H,12,13)(H,14,19)(H,15,16,17,18). The molecule has 0 fully saturated rings. The zero-order valence-corrected chi connectivity index (χ0v) is 9.66. The summed E-state index contributed by atoms with van der Waals surface area (Å²) >= 11 is 0. The molecule has 3 rings (SSSR count). The number of hydrogen-bond acceptors (Lipinski definition) is 5. The van der Waals surface area contributed by atoms with Gasteiger partial charge in [-0.05, 0) is 17.3 Å². The van der Waals surface area contributed by atoms with E-state index in [-0.39, 0.29) is 5.91 Å². The molecule has 8 nitrogen and oxygen atoms in total. The SMILES string of the molecule is O=C(Nc1cn[nH]c1)c1cccc(-c2nn[nH]n2)c1. The summed E-state index contributed by atoms with van der Waals surface area (Å²) in [4.78, 5) is 12.0.